The molecule has 1 heterocycles. The van der Waals surface area contributed by atoms with E-state index in [-0.39, 0.29) is 5.54 Å². The second kappa shape index (κ2) is 7.01. The van der Waals surface area contributed by atoms with Crippen molar-refractivity contribution >= 4 is 0 Å². The van der Waals surface area contributed by atoms with Crippen molar-refractivity contribution in [2.24, 2.45) is 5.73 Å². The molecule has 0 radical (unpaired) electrons. The van der Waals surface area contributed by atoms with E-state index in [4.69, 9.17) is 10.5 Å². The molecular weight excluding hydrogens is 240 g/mol. The zero-order valence-corrected chi connectivity index (χ0v) is 12.0. The van der Waals surface area contributed by atoms with E-state index in [1.165, 1.54) is 25.7 Å². The summed E-state index contributed by atoms with van der Waals surface area (Å²) in [4.78, 5) is 4.24. The van der Waals surface area contributed by atoms with Gasteiger partial charge in [-0.3, -0.25) is 0 Å². The van der Waals surface area contributed by atoms with E-state index in [0.717, 1.165) is 31.6 Å². The molecular formula is C14H26N4O. The smallest absolute Gasteiger partial charge is 0.152 e. The number of nitrogens with two attached hydrogens (primary N) is 1. The third-order valence-corrected chi connectivity index (χ3v) is 3.85. The summed E-state index contributed by atoms with van der Waals surface area (Å²) in [6.07, 6.45) is 9.88. The molecule has 108 valence electrons. The van der Waals surface area contributed by atoms with Crippen LogP contribution in [0.5, 0.6) is 0 Å². The minimum Gasteiger partial charge on any atom is -0.372 e. The van der Waals surface area contributed by atoms with Crippen LogP contribution in [0.25, 0.3) is 0 Å². The van der Waals surface area contributed by atoms with Gasteiger partial charge in [-0.2, -0.15) is 5.10 Å². The van der Waals surface area contributed by atoms with Gasteiger partial charge in [0.15, 0.2) is 5.82 Å². The van der Waals surface area contributed by atoms with Crippen LogP contribution in [0.1, 0.15) is 57.7 Å². The summed E-state index contributed by atoms with van der Waals surface area (Å²) in [5.41, 5.74) is 6.29. The lowest BCUT2D eigenvalue weighted by molar-refractivity contribution is 0.0608. The van der Waals surface area contributed by atoms with Gasteiger partial charge in [-0.25, -0.2) is 9.67 Å². The molecule has 1 aliphatic rings. The maximum Gasteiger partial charge on any atom is 0.152 e. The third kappa shape index (κ3) is 4.28. The molecule has 0 amide bonds. The van der Waals surface area contributed by atoms with Gasteiger partial charge in [-0.1, -0.05) is 32.6 Å². The second-order valence-corrected chi connectivity index (χ2v) is 5.67. The molecule has 0 aliphatic heterocycles. The summed E-state index contributed by atoms with van der Waals surface area (Å²) in [7, 11) is 0. The molecule has 1 aliphatic carbocycles. The molecule has 5 nitrogen and oxygen atoms in total. The lowest BCUT2D eigenvalue weighted by Gasteiger charge is -2.27. The number of aryl methyl sites for hydroxylation is 1. The Hall–Kier alpha value is -0.940. The Kier molecular flexibility index (Phi) is 5.34. The second-order valence-electron chi connectivity index (χ2n) is 5.67. The zero-order valence-electron chi connectivity index (χ0n) is 12.0. The van der Waals surface area contributed by atoms with Crippen LogP contribution in [0.3, 0.4) is 0 Å². The van der Waals surface area contributed by atoms with E-state index >= 15 is 0 Å². The van der Waals surface area contributed by atoms with E-state index < -0.39 is 0 Å². The summed E-state index contributed by atoms with van der Waals surface area (Å²) in [5.74, 6) is 0.902. The first-order valence-electron chi connectivity index (χ1n) is 7.47. The van der Waals surface area contributed by atoms with Crippen molar-refractivity contribution in [3.05, 3.63) is 12.2 Å². The van der Waals surface area contributed by atoms with Crippen molar-refractivity contribution in [3.8, 4) is 0 Å². The molecule has 5 heteroatoms. The van der Waals surface area contributed by atoms with Crippen molar-refractivity contribution < 1.29 is 4.74 Å². The van der Waals surface area contributed by atoms with Crippen LogP contribution in [-0.4, -0.2) is 26.9 Å². The monoisotopic (exact) mass is 266 g/mol. The Morgan fingerprint density at radius 1 is 1.32 bits per heavy atom. The first-order valence-corrected chi connectivity index (χ1v) is 7.47. The SMILES string of the molecule is CCCn1ncnc1COCC1(N)CCCCCC1. The summed E-state index contributed by atoms with van der Waals surface area (Å²) in [6, 6.07) is 0. The van der Waals surface area contributed by atoms with E-state index in [1.54, 1.807) is 6.33 Å². The molecule has 1 aromatic rings. The Morgan fingerprint density at radius 3 is 2.74 bits per heavy atom. The highest BCUT2D eigenvalue weighted by Crippen LogP contribution is 2.25. The van der Waals surface area contributed by atoms with E-state index in [1.807, 2.05) is 4.68 Å². The largest absolute Gasteiger partial charge is 0.372 e. The predicted octanol–water partition coefficient (Wildman–Crippen LogP) is 2.26. The molecule has 1 fully saturated rings. The van der Waals surface area contributed by atoms with Crippen LogP contribution in [0.2, 0.25) is 0 Å². The number of ether oxygens (including phenoxy) is 1. The molecule has 0 aromatic carbocycles. The molecule has 0 bridgehead atoms. The first-order chi connectivity index (χ1) is 9.23. The van der Waals surface area contributed by atoms with E-state index in [2.05, 4.69) is 17.0 Å². The highest BCUT2D eigenvalue weighted by molar-refractivity contribution is 4.87. The van der Waals surface area contributed by atoms with Gasteiger partial charge in [0.25, 0.3) is 0 Å². The lowest BCUT2D eigenvalue weighted by Crippen LogP contribution is -2.44. The summed E-state index contributed by atoms with van der Waals surface area (Å²) in [6.45, 7) is 4.17. The van der Waals surface area contributed by atoms with Crippen LogP contribution in [-0.2, 0) is 17.9 Å². The molecule has 1 saturated carbocycles. The van der Waals surface area contributed by atoms with Crippen molar-refractivity contribution in [1.82, 2.24) is 14.8 Å². The predicted molar refractivity (Wildman–Crippen MR) is 74.6 cm³/mol. The van der Waals surface area contributed by atoms with Crippen LogP contribution in [0.15, 0.2) is 6.33 Å². The van der Waals surface area contributed by atoms with Gasteiger partial charge in [0, 0.05) is 12.1 Å². The van der Waals surface area contributed by atoms with Gasteiger partial charge in [0.1, 0.15) is 12.9 Å². The minimum absolute atomic E-state index is 0.133. The maximum absolute atomic E-state index is 6.43. The number of aromatic nitrogens is 3. The summed E-state index contributed by atoms with van der Waals surface area (Å²) < 4.78 is 7.73. The van der Waals surface area contributed by atoms with Gasteiger partial charge < -0.3 is 10.5 Å². The topological polar surface area (TPSA) is 66.0 Å². The highest BCUT2D eigenvalue weighted by atomic mass is 16.5. The number of nitrogens with zero attached hydrogens (tertiary/aromatic N) is 3. The summed E-state index contributed by atoms with van der Waals surface area (Å²) in [5, 5.41) is 4.20. The number of rotatable bonds is 6. The molecule has 19 heavy (non-hydrogen) atoms. The van der Waals surface area contributed by atoms with Gasteiger partial charge in [0.05, 0.1) is 6.61 Å². The van der Waals surface area contributed by atoms with Crippen LogP contribution >= 0.6 is 0 Å². The average Bonchev–Trinajstić information content (AvgIpc) is 2.70. The Balaban J connectivity index is 1.80. The van der Waals surface area contributed by atoms with Crippen LogP contribution < -0.4 is 5.73 Å². The molecule has 2 N–H and O–H groups in total. The van der Waals surface area contributed by atoms with Crippen LogP contribution in [0.4, 0.5) is 0 Å². The number of hydrogen-bond acceptors (Lipinski definition) is 4. The van der Waals surface area contributed by atoms with Crippen molar-refractivity contribution in [2.45, 2.75) is 70.6 Å². The maximum atomic E-state index is 6.43. The fourth-order valence-corrected chi connectivity index (χ4v) is 2.72. The lowest BCUT2D eigenvalue weighted by atomic mass is 9.93. The molecule has 0 saturated heterocycles. The average molecular weight is 266 g/mol. The minimum atomic E-state index is -0.133. The van der Waals surface area contributed by atoms with Crippen molar-refractivity contribution in [3.63, 3.8) is 0 Å². The molecule has 0 atom stereocenters. The van der Waals surface area contributed by atoms with Crippen LogP contribution in [0, 0.1) is 0 Å². The molecule has 1 aromatic heterocycles. The fraction of sp³-hybridized carbons (Fsp3) is 0.857. The molecule has 0 unspecified atom stereocenters. The van der Waals surface area contributed by atoms with Gasteiger partial charge in [0.2, 0.25) is 0 Å². The van der Waals surface area contributed by atoms with Crippen molar-refractivity contribution in [1.29, 1.82) is 0 Å². The Labute approximate surface area is 115 Å². The Morgan fingerprint density at radius 2 is 2.05 bits per heavy atom. The van der Waals surface area contributed by atoms with E-state index in [9.17, 15) is 0 Å². The highest BCUT2D eigenvalue weighted by Gasteiger charge is 2.26. The zero-order chi connectivity index (χ0) is 13.6. The van der Waals surface area contributed by atoms with Crippen molar-refractivity contribution in [2.75, 3.05) is 6.61 Å². The number of hydrogen-bond donors (Lipinski definition) is 1. The Bertz CT molecular complexity index is 369. The summed E-state index contributed by atoms with van der Waals surface area (Å²) >= 11 is 0. The third-order valence-electron chi connectivity index (χ3n) is 3.85. The first kappa shape index (κ1) is 14.5. The van der Waals surface area contributed by atoms with Gasteiger partial charge >= 0.3 is 0 Å². The molecule has 0 spiro atoms. The van der Waals surface area contributed by atoms with Gasteiger partial charge in [-0.15, -0.1) is 0 Å². The molecule has 2 rings (SSSR count). The normalized spacial score (nSPS) is 19.3. The van der Waals surface area contributed by atoms with E-state index in [0.29, 0.717) is 13.2 Å². The fourth-order valence-electron chi connectivity index (χ4n) is 2.72. The standard InChI is InChI=1S/C14H26N4O/c1-2-9-18-13(16-12-17-18)10-19-11-14(15)7-5-3-4-6-8-14/h12H,2-11,15H2,1H3. The quantitative estimate of drug-likeness (QED) is 0.802. The van der Waals surface area contributed by atoms with Gasteiger partial charge in [-0.05, 0) is 19.3 Å².